The van der Waals surface area contributed by atoms with Crippen molar-refractivity contribution in [2.24, 2.45) is 5.73 Å². The van der Waals surface area contributed by atoms with Crippen molar-refractivity contribution in [1.82, 2.24) is 10.2 Å². The van der Waals surface area contributed by atoms with Gasteiger partial charge in [0.25, 0.3) is 0 Å². The fourth-order valence-electron chi connectivity index (χ4n) is 4.27. The van der Waals surface area contributed by atoms with Crippen molar-refractivity contribution in [2.75, 3.05) is 0 Å². The maximum absolute atomic E-state index is 13.4. The summed E-state index contributed by atoms with van der Waals surface area (Å²) in [5.41, 5.74) is 9.28. The van der Waals surface area contributed by atoms with Gasteiger partial charge in [0, 0.05) is 12.8 Å². The van der Waals surface area contributed by atoms with Crippen LogP contribution in [0.1, 0.15) is 27.8 Å². The summed E-state index contributed by atoms with van der Waals surface area (Å²) in [6.45, 7) is 0.265. The van der Waals surface area contributed by atoms with Crippen LogP contribution in [0.2, 0.25) is 0 Å². The fourth-order valence-corrected chi connectivity index (χ4v) is 4.27. The minimum absolute atomic E-state index is 0.0621. The molecule has 1 aliphatic heterocycles. The molecule has 0 unspecified atom stereocenters. The molecule has 36 heavy (non-hydrogen) atoms. The van der Waals surface area contributed by atoms with Crippen molar-refractivity contribution in [3.63, 3.8) is 0 Å². The van der Waals surface area contributed by atoms with Gasteiger partial charge in [-0.05, 0) is 28.3 Å². The maximum Gasteiger partial charge on any atom is 0.411 e. The highest BCUT2D eigenvalue weighted by atomic mass is 16.6. The highest BCUT2D eigenvalue weighted by Gasteiger charge is 2.37. The molecule has 0 aromatic heterocycles. The number of carbonyl (C=O) groups is 3. The third-order valence-corrected chi connectivity index (χ3v) is 6.21. The first-order valence-corrected chi connectivity index (χ1v) is 11.6. The highest BCUT2D eigenvalue weighted by Crippen LogP contribution is 2.25. The fraction of sp³-hybridized carbons (Fsp3) is 0.214. The van der Waals surface area contributed by atoms with E-state index in [1.54, 1.807) is 24.3 Å². The molecule has 182 valence electrons. The molecular weight excluding hydrogens is 456 g/mol. The number of nitrogens with two attached hydrogens (primary N) is 1. The van der Waals surface area contributed by atoms with Crippen LogP contribution in [0, 0.1) is 11.3 Å². The Balaban J connectivity index is 1.53. The second-order valence-electron chi connectivity index (χ2n) is 8.59. The van der Waals surface area contributed by atoms with Crippen LogP contribution in [-0.2, 0) is 40.3 Å². The minimum Gasteiger partial charge on any atom is -0.445 e. The molecule has 3 amide bonds. The lowest BCUT2D eigenvalue weighted by Crippen LogP contribution is -2.56. The average Bonchev–Trinajstić information content (AvgIpc) is 2.91. The lowest BCUT2D eigenvalue weighted by molar-refractivity contribution is -0.131. The van der Waals surface area contributed by atoms with Gasteiger partial charge in [-0.3, -0.25) is 14.5 Å². The van der Waals surface area contributed by atoms with Crippen molar-refractivity contribution < 1.29 is 19.1 Å². The molecule has 4 rings (SSSR count). The van der Waals surface area contributed by atoms with Crippen LogP contribution in [0.5, 0.6) is 0 Å². The average molecular weight is 483 g/mol. The maximum atomic E-state index is 13.4. The molecule has 0 saturated carbocycles. The molecule has 0 fully saturated rings. The zero-order valence-electron chi connectivity index (χ0n) is 19.6. The Hall–Kier alpha value is -4.64. The number of nitrogens with zero attached hydrogens (tertiary/aromatic N) is 2. The SMILES string of the molecule is N#Cc1ccccc1C[C@@H](NC(=O)[C@@H]1Cc2ccccc2CN1C(=O)OCc1ccccc1)C(N)=O. The van der Waals surface area contributed by atoms with Gasteiger partial charge in [-0.25, -0.2) is 4.79 Å². The van der Waals surface area contributed by atoms with Gasteiger partial charge in [0.15, 0.2) is 0 Å². The smallest absolute Gasteiger partial charge is 0.411 e. The van der Waals surface area contributed by atoms with Gasteiger partial charge in [0.05, 0.1) is 18.2 Å². The molecule has 8 nitrogen and oxygen atoms in total. The third kappa shape index (κ3) is 5.70. The number of hydrogen-bond acceptors (Lipinski definition) is 5. The number of amides is 3. The summed E-state index contributed by atoms with van der Waals surface area (Å²) in [5, 5.41) is 12.1. The number of nitrogens with one attached hydrogen (secondary N) is 1. The Bertz CT molecular complexity index is 1300. The van der Waals surface area contributed by atoms with E-state index >= 15 is 0 Å². The largest absolute Gasteiger partial charge is 0.445 e. The Labute approximate surface area is 209 Å². The molecular formula is C28H26N4O4. The van der Waals surface area contributed by atoms with Crippen molar-refractivity contribution in [3.8, 4) is 6.07 Å². The summed E-state index contributed by atoms with van der Waals surface area (Å²) in [7, 11) is 0. The van der Waals surface area contributed by atoms with Crippen molar-refractivity contribution in [1.29, 1.82) is 5.26 Å². The van der Waals surface area contributed by atoms with E-state index in [2.05, 4.69) is 11.4 Å². The summed E-state index contributed by atoms with van der Waals surface area (Å²) >= 11 is 0. The van der Waals surface area contributed by atoms with Crippen LogP contribution >= 0.6 is 0 Å². The summed E-state index contributed by atoms with van der Waals surface area (Å²) in [6, 6.07) is 23.8. The quantitative estimate of drug-likeness (QED) is 0.536. The van der Waals surface area contributed by atoms with E-state index in [1.165, 1.54) is 4.90 Å². The van der Waals surface area contributed by atoms with Gasteiger partial charge in [0.2, 0.25) is 11.8 Å². The molecule has 3 aromatic rings. The van der Waals surface area contributed by atoms with E-state index in [9.17, 15) is 19.6 Å². The van der Waals surface area contributed by atoms with Crippen molar-refractivity contribution in [3.05, 3.63) is 107 Å². The monoisotopic (exact) mass is 482 g/mol. The van der Waals surface area contributed by atoms with Gasteiger partial charge < -0.3 is 15.8 Å². The second-order valence-corrected chi connectivity index (χ2v) is 8.59. The number of benzene rings is 3. The number of fused-ring (bicyclic) bond motifs is 1. The van der Waals surface area contributed by atoms with E-state index in [0.29, 0.717) is 11.1 Å². The zero-order valence-corrected chi connectivity index (χ0v) is 19.6. The van der Waals surface area contributed by atoms with Crippen LogP contribution in [0.25, 0.3) is 0 Å². The molecule has 1 aliphatic rings. The van der Waals surface area contributed by atoms with Crippen molar-refractivity contribution in [2.45, 2.75) is 38.1 Å². The molecule has 2 atom stereocenters. The van der Waals surface area contributed by atoms with E-state index < -0.39 is 30.0 Å². The molecule has 3 aromatic carbocycles. The molecule has 0 radical (unpaired) electrons. The van der Waals surface area contributed by atoms with Crippen LogP contribution in [0.15, 0.2) is 78.9 Å². The van der Waals surface area contributed by atoms with Gasteiger partial charge in [0.1, 0.15) is 18.7 Å². The van der Waals surface area contributed by atoms with Crippen LogP contribution < -0.4 is 11.1 Å². The third-order valence-electron chi connectivity index (χ3n) is 6.21. The minimum atomic E-state index is -1.05. The first kappa shape index (κ1) is 24.5. The Morgan fingerprint density at radius 2 is 1.67 bits per heavy atom. The highest BCUT2D eigenvalue weighted by molar-refractivity contribution is 5.91. The molecule has 0 aliphatic carbocycles. The Kier molecular flexibility index (Phi) is 7.61. The number of primary amides is 1. The van der Waals surface area contributed by atoms with Crippen LogP contribution in [0.3, 0.4) is 0 Å². The molecule has 8 heteroatoms. The summed E-state index contributed by atoms with van der Waals surface area (Å²) in [4.78, 5) is 40.1. The molecule has 0 bridgehead atoms. The number of nitriles is 1. The number of rotatable bonds is 7. The second kappa shape index (κ2) is 11.2. The summed E-state index contributed by atoms with van der Waals surface area (Å²) < 4.78 is 5.52. The molecule has 3 N–H and O–H groups in total. The molecule has 0 spiro atoms. The summed E-state index contributed by atoms with van der Waals surface area (Å²) in [6.07, 6.45) is -0.297. The molecule has 0 saturated heterocycles. The van der Waals surface area contributed by atoms with E-state index in [1.807, 2.05) is 54.6 Å². The number of ether oxygens (including phenoxy) is 1. The first-order chi connectivity index (χ1) is 17.5. The van der Waals surface area contributed by atoms with E-state index in [0.717, 1.165) is 16.7 Å². The van der Waals surface area contributed by atoms with Crippen LogP contribution in [-0.4, -0.2) is 34.9 Å². The van der Waals surface area contributed by atoms with Gasteiger partial charge in [-0.2, -0.15) is 5.26 Å². The first-order valence-electron chi connectivity index (χ1n) is 11.6. The standard InChI is InChI=1S/C28H26N4O4/c29-16-22-12-6-4-10-20(22)14-24(26(30)33)31-27(34)25-15-21-11-5-7-13-23(21)17-32(25)28(35)36-18-19-8-2-1-3-9-19/h1-13,24-25H,14-15,17-18H2,(H2,30,33)(H,31,34)/t24-,25+/m1/s1. The normalized spacial score (nSPS) is 15.2. The van der Waals surface area contributed by atoms with E-state index in [-0.39, 0.29) is 26.0 Å². The van der Waals surface area contributed by atoms with E-state index in [4.69, 9.17) is 10.5 Å². The van der Waals surface area contributed by atoms with Gasteiger partial charge in [-0.15, -0.1) is 0 Å². The lowest BCUT2D eigenvalue weighted by atomic mass is 9.93. The van der Waals surface area contributed by atoms with Crippen molar-refractivity contribution >= 4 is 17.9 Å². The topological polar surface area (TPSA) is 126 Å². The zero-order chi connectivity index (χ0) is 25.5. The predicted molar refractivity (Wildman–Crippen MR) is 132 cm³/mol. The number of carbonyl (C=O) groups excluding carboxylic acids is 3. The summed E-state index contributed by atoms with van der Waals surface area (Å²) in [5.74, 6) is -1.25. The Morgan fingerprint density at radius 3 is 2.39 bits per heavy atom. The predicted octanol–water partition coefficient (Wildman–Crippen LogP) is 2.83. The van der Waals surface area contributed by atoms with Gasteiger partial charge in [-0.1, -0.05) is 72.8 Å². The number of hydrogen-bond donors (Lipinski definition) is 2. The Morgan fingerprint density at radius 1 is 1.00 bits per heavy atom. The van der Waals surface area contributed by atoms with Crippen LogP contribution in [0.4, 0.5) is 4.79 Å². The lowest BCUT2D eigenvalue weighted by Gasteiger charge is -2.35. The van der Waals surface area contributed by atoms with Gasteiger partial charge >= 0.3 is 6.09 Å². The molecule has 1 heterocycles.